The smallest absolute Gasteiger partial charge is 0.136 e. The van der Waals surface area contributed by atoms with Gasteiger partial charge < -0.3 is 0 Å². The summed E-state index contributed by atoms with van der Waals surface area (Å²) in [6.45, 7) is 2.30. The number of rotatable bonds is 2. The van der Waals surface area contributed by atoms with Gasteiger partial charge in [-0.05, 0) is 31.2 Å². The minimum atomic E-state index is 0.481. The fourth-order valence-electron chi connectivity index (χ4n) is 3.52. The normalized spacial score (nSPS) is 31.5. The van der Waals surface area contributed by atoms with Crippen LogP contribution in [0.2, 0.25) is 0 Å². The summed E-state index contributed by atoms with van der Waals surface area (Å²) in [5, 5.41) is 2.15. The van der Waals surface area contributed by atoms with Gasteiger partial charge in [-0.3, -0.25) is 9.69 Å². The molecule has 2 bridgehead atoms. The number of nitrogens with zero attached hydrogens (tertiary/aromatic N) is 1. The molecule has 17 heavy (non-hydrogen) atoms. The molecule has 2 fully saturated rings. The molecule has 92 valence electrons. The lowest BCUT2D eigenvalue weighted by Crippen LogP contribution is -2.52. The van der Waals surface area contributed by atoms with Crippen LogP contribution in [0.25, 0.3) is 0 Å². The third-order valence-corrected chi connectivity index (χ3v) is 5.29. The van der Waals surface area contributed by atoms with Crippen LogP contribution in [0.1, 0.15) is 49.9 Å². The van der Waals surface area contributed by atoms with E-state index in [1.54, 1.807) is 0 Å². The molecule has 0 amide bonds. The van der Waals surface area contributed by atoms with E-state index in [9.17, 15) is 4.79 Å². The van der Waals surface area contributed by atoms with E-state index in [0.717, 1.165) is 12.8 Å². The fraction of sp³-hybridized carbons (Fsp3) is 0.643. The van der Waals surface area contributed by atoms with Gasteiger partial charge in [0.15, 0.2) is 0 Å². The van der Waals surface area contributed by atoms with E-state index in [0.29, 0.717) is 23.9 Å². The molecule has 2 nitrogen and oxygen atoms in total. The van der Waals surface area contributed by atoms with Crippen LogP contribution in [-0.2, 0) is 4.79 Å². The van der Waals surface area contributed by atoms with Gasteiger partial charge in [0.25, 0.3) is 0 Å². The first-order valence-electron chi connectivity index (χ1n) is 6.58. The Balaban J connectivity index is 1.84. The van der Waals surface area contributed by atoms with Gasteiger partial charge in [-0.1, -0.05) is 12.5 Å². The molecule has 1 aromatic rings. The minimum Gasteiger partial charge on any atom is -0.300 e. The van der Waals surface area contributed by atoms with Gasteiger partial charge in [0.2, 0.25) is 0 Å². The molecule has 0 saturated carbocycles. The molecule has 3 rings (SSSR count). The van der Waals surface area contributed by atoms with E-state index >= 15 is 0 Å². The van der Waals surface area contributed by atoms with E-state index in [1.807, 2.05) is 11.3 Å². The van der Waals surface area contributed by atoms with Gasteiger partial charge in [0, 0.05) is 35.8 Å². The van der Waals surface area contributed by atoms with Crippen molar-refractivity contribution in [3.05, 3.63) is 22.4 Å². The van der Waals surface area contributed by atoms with Crippen LogP contribution in [0, 0.1) is 0 Å². The second kappa shape index (κ2) is 4.54. The quantitative estimate of drug-likeness (QED) is 0.800. The van der Waals surface area contributed by atoms with Crippen molar-refractivity contribution in [3.8, 4) is 0 Å². The summed E-state index contributed by atoms with van der Waals surface area (Å²) in [6.07, 6.45) is 5.28. The summed E-state index contributed by atoms with van der Waals surface area (Å²) < 4.78 is 0. The maximum atomic E-state index is 11.7. The summed E-state index contributed by atoms with van der Waals surface area (Å²) >= 11 is 1.84. The van der Waals surface area contributed by atoms with Crippen LogP contribution < -0.4 is 0 Å². The highest BCUT2D eigenvalue weighted by Gasteiger charge is 2.40. The zero-order valence-electron chi connectivity index (χ0n) is 10.3. The molecule has 3 atom stereocenters. The first-order chi connectivity index (χ1) is 8.25. The van der Waals surface area contributed by atoms with Gasteiger partial charge >= 0.3 is 0 Å². The van der Waals surface area contributed by atoms with Crippen molar-refractivity contribution in [1.82, 2.24) is 4.90 Å². The van der Waals surface area contributed by atoms with Crippen molar-refractivity contribution in [2.24, 2.45) is 0 Å². The topological polar surface area (TPSA) is 20.3 Å². The molecule has 3 unspecified atom stereocenters. The molecule has 0 radical (unpaired) electrons. The molecular weight excluding hydrogens is 230 g/mol. The predicted octanol–water partition coefficient (Wildman–Crippen LogP) is 3.40. The predicted molar refractivity (Wildman–Crippen MR) is 70.2 cm³/mol. The van der Waals surface area contributed by atoms with Crippen molar-refractivity contribution in [3.63, 3.8) is 0 Å². The highest BCUT2D eigenvalue weighted by molar-refractivity contribution is 7.10. The van der Waals surface area contributed by atoms with Crippen LogP contribution in [0.4, 0.5) is 0 Å². The fourth-order valence-corrected chi connectivity index (χ4v) is 4.31. The minimum absolute atomic E-state index is 0.481. The number of carbonyl (C=O) groups is 1. The molecule has 2 aliphatic heterocycles. The number of carbonyl (C=O) groups excluding carboxylic acids is 1. The summed E-state index contributed by atoms with van der Waals surface area (Å²) in [5.41, 5.74) is 0. The maximum Gasteiger partial charge on any atom is 0.136 e. The molecule has 3 heteroatoms. The summed E-state index contributed by atoms with van der Waals surface area (Å²) in [6, 6.07) is 5.85. The lowest BCUT2D eigenvalue weighted by Gasteiger charge is -2.48. The van der Waals surface area contributed by atoms with Gasteiger partial charge in [0.05, 0.1) is 0 Å². The zero-order chi connectivity index (χ0) is 11.8. The summed E-state index contributed by atoms with van der Waals surface area (Å²) in [5.74, 6) is 0.481. The van der Waals surface area contributed by atoms with Gasteiger partial charge in [0.1, 0.15) is 5.78 Å². The van der Waals surface area contributed by atoms with Gasteiger partial charge in [-0.2, -0.15) is 0 Å². The van der Waals surface area contributed by atoms with Gasteiger partial charge in [-0.15, -0.1) is 11.3 Å². The van der Waals surface area contributed by atoms with E-state index in [1.165, 1.54) is 24.1 Å². The first kappa shape index (κ1) is 11.4. The van der Waals surface area contributed by atoms with E-state index < -0.39 is 0 Å². The molecule has 2 aliphatic rings. The van der Waals surface area contributed by atoms with E-state index in [2.05, 4.69) is 29.3 Å². The molecule has 2 saturated heterocycles. The molecule has 1 aromatic heterocycles. The van der Waals surface area contributed by atoms with Crippen LogP contribution >= 0.6 is 11.3 Å². The van der Waals surface area contributed by atoms with Crippen LogP contribution in [0.15, 0.2) is 17.5 Å². The number of Topliss-reactive ketones (excluding diaryl/α,β-unsaturated/α-hetero) is 1. The zero-order valence-corrected chi connectivity index (χ0v) is 11.1. The third-order valence-electron chi connectivity index (χ3n) is 4.25. The second-order valence-corrected chi connectivity index (χ2v) is 6.30. The number of piperidine rings is 2. The standard InChI is InChI=1S/C14H19NOS/c1-10(14-6-3-7-17-14)15-11-4-2-5-12(15)9-13(16)8-11/h3,6-7,10-12H,2,4-5,8-9H2,1H3. The number of fused-ring (bicyclic) bond motifs is 2. The van der Waals surface area contributed by atoms with Crippen molar-refractivity contribution in [2.45, 2.75) is 57.2 Å². The highest BCUT2D eigenvalue weighted by atomic mass is 32.1. The van der Waals surface area contributed by atoms with E-state index in [4.69, 9.17) is 0 Å². The average molecular weight is 249 g/mol. The number of hydrogen-bond acceptors (Lipinski definition) is 3. The Hall–Kier alpha value is -0.670. The first-order valence-corrected chi connectivity index (χ1v) is 7.46. The lowest BCUT2D eigenvalue weighted by atomic mass is 9.82. The Kier molecular flexibility index (Phi) is 3.05. The van der Waals surface area contributed by atoms with Gasteiger partial charge in [-0.25, -0.2) is 0 Å². The maximum absolute atomic E-state index is 11.7. The highest BCUT2D eigenvalue weighted by Crippen LogP contribution is 2.39. The SMILES string of the molecule is CC(c1cccs1)N1C2CCCC1CC(=O)C2. The Morgan fingerprint density at radius 3 is 2.65 bits per heavy atom. The average Bonchev–Trinajstić information content (AvgIpc) is 2.80. The monoisotopic (exact) mass is 249 g/mol. The molecule has 0 N–H and O–H groups in total. The summed E-state index contributed by atoms with van der Waals surface area (Å²) in [4.78, 5) is 15.8. The van der Waals surface area contributed by atoms with Crippen LogP contribution in [-0.4, -0.2) is 22.8 Å². The van der Waals surface area contributed by atoms with Crippen LogP contribution in [0.5, 0.6) is 0 Å². The Labute approximate surface area is 107 Å². The number of hydrogen-bond donors (Lipinski definition) is 0. The number of thiophene rings is 1. The largest absolute Gasteiger partial charge is 0.300 e. The Bertz CT molecular complexity index is 384. The Morgan fingerprint density at radius 1 is 1.35 bits per heavy atom. The van der Waals surface area contributed by atoms with Crippen molar-refractivity contribution in [1.29, 1.82) is 0 Å². The number of ketones is 1. The molecule has 0 spiro atoms. The molecule has 3 heterocycles. The lowest BCUT2D eigenvalue weighted by molar-refractivity contribution is -0.128. The Morgan fingerprint density at radius 2 is 2.06 bits per heavy atom. The van der Waals surface area contributed by atoms with Crippen molar-refractivity contribution in [2.75, 3.05) is 0 Å². The van der Waals surface area contributed by atoms with Crippen LogP contribution in [0.3, 0.4) is 0 Å². The van der Waals surface area contributed by atoms with E-state index in [-0.39, 0.29) is 0 Å². The van der Waals surface area contributed by atoms with Crippen molar-refractivity contribution >= 4 is 17.1 Å². The molecule has 0 aliphatic carbocycles. The molecule has 0 aromatic carbocycles. The third kappa shape index (κ3) is 2.06. The second-order valence-electron chi connectivity index (χ2n) is 5.32. The summed E-state index contributed by atoms with van der Waals surface area (Å²) in [7, 11) is 0. The molecular formula is C14H19NOS. The van der Waals surface area contributed by atoms with Crippen molar-refractivity contribution < 1.29 is 4.79 Å².